The molecule has 32 heavy (non-hydrogen) atoms. The number of amides is 1. The fourth-order valence-corrected chi connectivity index (χ4v) is 4.45. The van der Waals surface area contributed by atoms with Crippen LogP contribution in [-0.4, -0.2) is 26.6 Å². The highest BCUT2D eigenvalue weighted by Gasteiger charge is 2.30. The summed E-state index contributed by atoms with van der Waals surface area (Å²) in [6.07, 6.45) is 1.70. The topological polar surface area (TPSA) is 66.8 Å². The second-order valence-electron chi connectivity index (χ2n) is 8.18. The third kappa shape index (κ3) is 3.10. The molecule has 6 nitrogen and oxygen atoms in total. The van der Waals surface area contributed by atoms with E-state index in [2.05, 4.69) is 46.8 Å². The number of nitrogens with zero attached hydrogens (tertiary/aromatic N) is 5. The van der Waals surface area contributed by atoms with E-state index in [9.17, 15) is 10.1 Å². The zero-order valence-electron chi connectivity index (χ0n) is 18.3. The van der Waals surface area contributed by atoms with Gasteiger partial charge in [0.05, 0.1) is 11.0 Å². The maximum Gasteiger partial charge on any atom is 0.271 e. The first-order valence-electron chi connectivity index (χ1n) is 10.6. The Kier molecular flexibility index (Phi) is 4.67. The summed E-state index contributed by atoms with van der Waals surface area (Å²) in [7, 11) is 0. The Morgan fingerprint density at radius 2 is 1.81 bits per heavy atom. The molecule has 4 aromatic rings. The molecule has 0 unspecified atom stereocenters. The van der Waals surface area contributed by atoms with Crippen molar-refractivity contribution in [3.63, 3.8) is 0 Å². The molecule has 5 rings (SSSR count). The lowest BCUT2D eigenvalue weighted by Gasteiger charge is -2.13. The summed E-state index contributed by atoms with van der Waals surface area (Å²) in [4.78, 5) is 19.5. The van der Waals surface area contributed by atoms with E-state index in [0.717, 1.165) is 33.7 Å². The first-order valence-corrected chi connectivity index (χ1v) is 10.6. The molecule has 0 spiro atoms. The minimum absolute atomic E-state index is 0.106. The van der Waals surface area contributed by atoms with E-state index in [1.165, 1.54) is 5.56 Å². The van der Waals surface area contributed by atoms with Crippen molar-refractivity contribution in [3.05, 3.63) is 82.7 Å². The fraction of sp³-hybridized carbons (Fsp3) is 0.192. The maximum atomic E-state index is 13.3. The molecule has 0 atom stereocenters. The minimum atomic E-state index is -0.318. The summed E-state index contributed by atoms with van der Waals surface area (Å²) in [5.41, 5.74) is 7.11. The van der Waals surface area contributed by atoms with Gasteiger partial charge in [0.25, 0.3) is 5.91 Å². The number of benzene rings is 2. The average Bonchev–Trinajstić information content (AvgIpc) is 3.44. The number of carbonyl (C=O) groups excluding carboxylic acids is 1. The summed E-state index contributed by atoms with van der Waals surface area (Å²) in [6.45, 7) is 7.27. The summed E-state index contributed by atoms with van der Waals surface area (Å²) in [5.74, 6) is 0.282. The normalized spacial score (nSPS) is 13.4. The molecule has 0 saturated heterocycles. The molecule has 2 aromatic heterocycles. The van der Waals surface area contributed by atoms with Gasteiger partial charge in [-0.1, -0.05) is 29.8 Å². The van der Waals surface area contributed by atoms with E-state index in [1.807, 2.05) is 48.7 Å². The lowest BCUT2D eigenvalue weighted by Crippen LogP contribution is -2.30. The molecule has 3 heterocycles. The van der Waals surface area contributed by atoms with Crippen LogP contribution in [0.5, 0.6) is 0 Å². The van der Waals surface area contributed by atoms with Crippen LogP contribution < -0.4 is 4.90 Å². The third-order valence-electron chi connectivity index (χ3n) is 6.08. The molecular formula is C26H23N5O. The van der Waals surface area contributed by atoms with Gasteiger partial charge in [-0.25, -0.2) is 4.98 Å². The van der Waals surface area contributed by atoms with Crippen molar-refractivity contribution in [1.82, 2.24) is 14.1 Å². The maximum absolute atomic E-state index is 13.3. The highest BCUT2D eigenvalue weighted by Crippen LogP contribution is 2.29. The van der Waals surface area contributed by atoms with Crippen molar-refractivity contribution < 1.29 is 4.79 Å². The second-order valence-corrected chi connectivity index (χ2v) is 8.18. The monoisotopic (exact) mass is 421 g/mol. The van der Waals surface area contributed by atoms with Gasteiger partial charge in [-0.05, 0) is 62.7 Å². The largest absolute Gasteiger partial charge is 0.318 e. The van der Waals surface area contributed by atoms with Crippen LogP contribution in [0, 0.1) is 32.1 Å². The first kappa shape index (κ1) is 19.8. The quantitative estimate of drug-likeness (QED) is 0.356. The van der Waals surface area contributed by atoms with Crippen LogP contribution >= 0.6 is 0 Å². The molecule has 158 valence electrons. The van der Waals surface area contributed by atoms with E-state index in [1.54, 1.807) is 11.0 Å². The summed E-state index contributed by atoms with van der Waals surface area (Å²) < 4.78 is 4.17. The van der Waals surface area contributed by atoms with E-state index in [-0.39, 0.29) is 11.5 Å². The van der Waals surface area contributed by atoms with Crippen LogP contribution in [0.4, 0.5) is 5.95 Å². The number of fused-ring (bicyclic) bond motifs is 3. The Balaban J connectivity index is 1.51. The molecule has 0 saturated carbocycles. The van der Waals surface area contributed by atoms with Gasteiger partial charge < -0.3 is 9.13 Å². The van der Waals surface area contributed by atoms with Gasteiger partial charge >= 0.3 is 0 Å². The van der Waals surface area contributed by atoms with Gasteiger partial charge in [-0.15, -0.1) is 0 Å². The van der Waals surface area contributed by atoms with Crippen molar-refractivity contribution in [2.75, 3.05) is 11.4 Å². The predicted octanol–water partition coefficient (Wildman–Crippen LogP) is 4.71. The van der Waals surface area contributed by atoms with Crippen LogP contribution in [0.2, 0.25) is 0 Å². The van der Waals surface area contributed by atoms with Crippen LogP contribution in [0.3, 0.4) is 0 Å². The molecule has 1 aliphatic rings. The summed E-state index contributed by atoms with van der Waals surface area (Å²) in [6, 6.07) is 20.3. The van der Waals surface area contributed by atoms with Crippen LogP contribution in [0.15, 0.2) is 60.2 Å². The van der Waals surface area contributed by atoms with Crippen LogP contribution in [0.25, 0.3) is 22.8 Å². The number of hydrogen-bond donors (Lipinski definition) is 0. The standard InChI is InChI=1S/C26H23N5O/c1-17-8-10-22(11-9-17)31-18(2)14-20(19(31)3)15-21(16-27)25(32)30-13-12-29-24-7-5-4-6-23(24)28-26(29)30/h4-11,14-15H,12-13H2,1-3H3. The van der Waals surface area contributed by atoms with E-state index < -0.39 is 0 Å². The number of aryl methyl sites for hydroxylation is 2. The van der Waals surface area contributed by atoms with Crippen LogP contribution in [0.1, 0.15) is 22.5 Å². The third-order valence-corrected chi connectivity index (χ3v) is 6.08. The molecule has 1 aliphatic heterocycles. The zero-order chi connectivity index (χ0) is 22.4. The molecule has 1 amide bonds. The molecular weight excluding hydrogens is 398 g/mol. The van der Waals surface area contributed by atoms with Gasteiger partial charge in [0.2, 0.25) is 5.95 Å². The number of carbonyl (C=O) groups is 1. The van der Waals surface area contributed by atoms with E-state index >= 15 is 0 Å². The van der Waals surface area contributed by atoms with Crippen molar-refractivity contribution in [3.8, 4) is 11.8 Å². The minimum Gasteiger partial charge on any atom is -0.318 e. The molecule has 0 bridgehead atoms. The van der Waals surface area contributed by atoms with Crippen LogP contribution in [-0.2, 0) is 11.3 Å². The number of rotatable bonds is 3. The average molecular weight is 422 g/mol. The number of nitriles is 1. The van der Waals surface area contributed by atoms with Crippen molar-refractivity contribution in [1.29, 1.82) is 5.26 Å². The van der Waals surface area contributed by atoms with Gasteiger partial charge in [0, 0.05) is 30.2 Å². The number of aromatic nitrogens is 3. The van der Waals surface area contributed by atoms with Gasteiger partial charge in [-0.2, -0.15) is 5.26 Å². The number of hydrogen-bond acceptors (Lipinski definition) is 3. The molecule has 6 heteroatoms. The van der Waals surface area contributed by atoms with Crippen molar-refractivity contribution >= 4 is 29.0 Å². The zero-order valence-corrected chi connectivity index (χ0v) is 18.3. The number of para-hydroxylation sites is 2. The first-order chi connectivity index (χ1) is 15.5. The van der Waals surface area contributed by atoms with Gasteiger partial charge in [0.15, 0.2) is 0 Å². The molecule has 0 N–H and O–H groups in total. The molecule has 2 aromatic carbocycles. The highest BCUT2D eigenvalue weighted by atomic mass is 16.2. The van der Waals surface area contributed by atoms with Crippen molar-refractivity contribution in [2.45, 2.75) is 27.3 Å². The smallest absolute Gasteiger partial charge is 0.271 e. The summed E-state index contributed by atoms with van der Waals surface area (Å²) >= 11 is 0. The van der Waals surface area contributed by atoms with Gasteiger partial charge in [-0.3, -0.25) is 9.69 Å². The Hall–Kier alpha value is -4.11. The van der Waals surface area contributed by atoms with Gasteiger partial charge in [0.1, 0.15) is 11.6 Å². The van der Waals surface area contributed by atoms with Crippen molar-refractivity contribution in [2.24, 2.45) is 0 Å². The fourth-order valence-electron chi connectivity index (χ4n) is 4.45. The van der Waals surface area contributed by atoms with E-state index in [4.69, 9.17) is 0 Å². The summed E-state index contributed by atoms with van der Waals surface area (Å²) in [5, 5.41) is 9.82. The predicted molar refractivity (Wildman–Crippen MR) is 126 cm³/mol. The Morgan fingerprint density at radius 1 is 1.06 bits per heavy atom. The molecule has 0 fully saturated rings. The molecule has 0 aliphatic carbocycles. The molecule has 0 radical (unpaired) electrons. The Bertz CT molecular complexity index is 1430. The lowest BCUT2D eigenvalue weighted by molar-refractivity contribution is -0.114. The highest BCUT2D eigenvalue weighted by molar-refractivity contribution is 6.11. The lowest BCUT2D eigenvalue weighted by atomic mass is 10.1. The number of imidazole rings is 1. The Morgan fingerprint density at radius 3 is 2.56 bits per heavy atom. The van der Waals surface area contributed by atoms with E-state index in [0.29, 0.717) is 19.0 Å². The number of anilines is 1. The second kappa shape index (κ2) is 7.54. The Labute approximate surface area is 186 Å². The SMILES string of the molecule is Cc1ccc(-n2c(C)cc(C=C(C#N)C(=O)N3CCn4c3nc3ccccc34)c2C)cc1.